The molecule has 0 atom stereocenters. The molecular weight excluding hydrogens is 338 g/mol. The Labute approximate surface area is 161 Å². The van der Waals surface area contributed by atoms with Gasteiger partial charge in [-0.25, -0.2) is 4.98 Å². The number of rotatable bonds is 6. The first kappa shape index (κ1) is 19.4. The largest absolute Gasteiger partial charge is 0.369 e. The van der Waals surface area contributed by atoms with Crippen LogP contribution in [0.25, 0.3) is 0 Å². The van der Waals surface area contributed by atoms with Gasteiger partial charge in [-0.1, -0.05) is 27.7 Å². The maximum absolute atomic E-state index is 11.8. The molecule has 1 aliphatic heterocycles. The number of hydrogen-bond acceptors (Lipinski definition) is 5. The fraction of sp³-hybridized carbons (Fsp3) is 0.524. The number of aromatic amines is 1. The summed E-state index contributed by atoms with van der Waals surface area (Å²) in [6.07, 6.45) is 0. The van der Waals surface area contributed by atoms with Crippen molar-refractivity contribution in [3.8, 4) is 0 Å². The smallest absolute Gasteiger partial charge is 0.252 e. The molecule has 6 nitrogen and oxygen atoms in total. The summed E-state index contributed by atoms with van der Waals surface area (Å²) in [4.78, 5) is 24.0. The molecule has 1 saturated heterocycles. The van der Waals surface area contributed by atoms with Gasteiger partial charge in [0.15, 0.2) is 0 Å². The number of piperazine rings is 1. The molecule has 3 rings (SSSR count). The standard InChI is InChI=1S/C21H31N5O/c1-15(2)14-25-9-11-26(12-10-25)18-7-5-17(6-8-18)22-21-23-19(16(3)4)13-20(27)24-21/h5-8,13,15-16H,9-12,14H2,1-4H3,(H2,22,23,24,27). The average molecular weight is 370 g/mol. The summed E-state index contributed by atoms with van der Waals surface area (Å²) >= 11 is 0. The molecule has 1 aromatic heterocycles. The lowest BCUT2D eigenvalue weighted by atomic mass is 10.1. The van der Waals surface area contributed by atoms with E-state index in [1.807, 2.05) is 26.0 Å². The predicted octanol–water partition coefficient (Wildman–Crippen LogP) is 3.41. The van der Waals surface area contributed by atoms with Crippen molar-refractivity contribution in [2.24, 2.45) is 5.92 Å². The molecule has 2 aromatic rings. The monoisotopic (exact) mass is 369 g/mol. The molecule has 1 aliphatic rings. The Morgan fingerprint density at radius 2 is 1.74 bits per heavy atom. The topological polar surface area (TPSA) is 64.3 Å². The first-order chi connectivity index (χ1) is 12.9. The lowest BCUT2D eigenvalue weighted by molar-refractivity contribution is 0.231. The van der Waals surface area contributed by atoms with Gasteiger partial charge in [0, 0.05) is 50.2 Å². The highest BCUT2D eigenvalue weighted by Gasteiger charge is 2.17. The van der Waals surface area contributed by atoms with Crippen molar-refractivity contribution in [2.45, 2.75) is 33.6 Å². The van der Waals surface area contributed by atoms with Gasteiger partial charge in [-0.2, -0.15) is 0 Å². The number of aromatic nitrogens is 2. The van der Waals surface area contributed by atoms with Gasteiger partial charge < -0.3 is 10.2 Å². The Kier molecular flexibility index (Phi) is 6.16. The highest BCUT2D eigenvalue weighted by molar-refractivity contribution is 5.59. The Morgan fingerprint density at radius 3 is 2.33 bits per heavy atom. The normalized spacial score (nSPS) is 15.6. The minimum atomic E-state index is -0.132. The number of nitrogens with zero attached hydrogens (tertiary/aromatic N) is 3. The minimum absolute atomic E-state index is 0.132. The third-order valence-corrected chi connectivity index (χ3v) is 4.84. The summed E-state index contributed by atoms with van der Waals surface area (Å²) in [5.74, 6) is 1.42. The number of benzene rings is 1. The van der Waals surface area contributed by atoms with Crippen LogP contribution in [0.2, 0.25) is 0 Å². The summed E-state index contributed by atoms with van der Waals surface area (Å²) in [6, 6.07) is 9.89. The van der Waals surface area contributed by atoms with Gasteiger partial charge in [0.05, 0.1) is 5.69 Å². The molecule has 146 valence electrons. The van der Waals surface area contributed by atoms with Gasteiger partial charge in [0.25, 0.3) is 5.56 Å². The zero-order valence-electron chi connectivity index (χ0n) is 16.8. The maximum Gasteiger partial charge on any atom is 0.252 e. The van der Waals surface area contributed by atoms with E-state index in [2.05, 4.69) is 51.1 Å². The van der Waals surface area contributed by atoms with E-state index in [0.717, 1.165) is 43.5 Å². The second-order valence-corrected chi connectivity index (χ2v) is 8.03. The van der Waals surface area contributed by atoms with E-state index in [4.69, 9.17) is 0 Å². The fourth-order valence-corrected chi connectivity index (χ4v) is 3.43. The van der Waals surface area contributed by atoms with Crippen LogP contribution in [-0.4, -0.2) is 47.6 Å². The van der Waals surface area contributed by atoms with Crippen molar-refractivity contribution >= 4 is 17.3 Å². The van der Waals surface area contributed by atoms with Crippen LogP contribution in [0.4, 0.5) is 17.3 Å². The summed E-state index contributed by atoms with van der Waals surface area (Å²) in [7, 11) is 0. The Balaban J connectivity index is 1.62. The van der Waals surface area contributed by atoms with E-state index in [0.29, 0.717) is 5.95 Å². The van der Waals surface area contributed by atoms with E-state index in [9.17, 15) is 4.79 Å². The molecule has 2 N–H and O–H groups in total. The molecular formula is C21H31N5O. The fourth-order valence-electron chi connectivity index (χ4n) is 3.43. The minimum Gasteiger partial charge on any atom is -0.369 e. The number of H-pyrrole nitrogens is 1. The molecule has 0 unspecified atom stereocenters. The lowest BCUT2D eigenvalue weighted by Gasteiger charge is -2.36. The zero-order chi connectivity index (χ0) is 19.4. The average Bonchev–Trinajstić information content (AvgIpc) is 2.62. The molecule has 1 fully saturated rings. The summed E-state index contributed by atoms with van der Waals surface area (Å²) in [5, 5.41) is 3.21. The van der Waals surface area contributed by atoms with Crippen LogP contribution >= 0.6 is 0 Å². The van der Waals surface area contributed by atoms with Crippen LogP contribution < -0.4 is 15.8 Å². The zero-order valence-corrected chi connectivity index (χ0v) is 16.8. The molecule has 0 amide bonds. The molecule has 2 heterocycles. The second kappa shape index (κ2) is 8.57. The first-order valence-corrected chi connectivity index (χ1v) is 9.86. The van der Waals surface area contributed by atoms with E-state index >= 15 is 0 Å². The quantitative estimate of drug-likeness (QED) is 0.817. The molecule has 0 radical (unpaired) electrons. The summed E-state index contributed by atoms with van der Waals surface area (Å²) in [5.41, 5.74) is 2.81. The van der Waals surface area contributed by atoms with Gasteiger partial charge in [-0.3, -0.25) is 14.7 Å². The SMILES string of the molecule is CC(C)CN1CCN(c2ccc(Nc3nc(C(C)C)cc(=O)[nH]3)cc2)CC1. The molecule has 0 spiro atoms. The summed E-state index contributed by atoms with van der Waals surface area (Å²) in [6.45, 7) is 14.1. The molecule has 0 bridgehead atoms. The van der Waals surface area contributed by atoms with Gasteiger partial charge in [0.1, 0.15) is 0 Å². The van der Waals surface area contributed by atoms with E-state index in [1.165, 1.54) is 12.2 Å². The maximum atomic E-state index is 11.8. The highest BCUT2D eigenvalue weighted by atomic mass is 16.1. The van der Waals surface area contributed by atoms with Crippen molar-refractivity contribution in [3.63, 3.8) is 0 Å². The van der Waals surface area contributed by atoms with Crippen molar-refractivity contribution < 1.29 is 0 Å². The van der Waals surface area contributed by atoms with Gasteiger partial charge in [-0.05, 0) is 36.1 Å². The molecule has 0 aliphatic carbocycles. The highest BCUT2D eigenvalue weighted by Crippen LogP contribution is 2.21. The first-order valence-electron chi connectivity index (χ1n) is 9.86. The Hall–Kier alpha value is -2.34. The van der Waals surface area contributed by atoms with Crippen LogP contribution in [0.3, 0.4) is 0 Å². The molecule has 0 saturated carbocycles. The number of anilines is 3. The van der Waals surface area contributed by atoms with Crippen molar-refractivity contribution in [3.05, 3.63) is 46.4 Å². The van der Waals surface area contributed by atoms with Crippen LogP contribution in [0.1, 0.15) is 39.3 Å². The van der Waals surface area contributed by atoms with Crippen LogP contribution in [-0.2, 0) is 0 Å². The molecule has 1 aromatic carbocycles. The van der Waals surface area contributed by atoms with E-state index < -0.39 is 0 Å². The molecule has 27 heavy (non-hydrogen) atoms. The van der Waals surface area contributed by atoms with Gasteiger partial charge >= 0.3 is 0 Å². The molecule has 6 heteroatoms. The third-order valence-electron chi connectivity index (χ3n) is 4.84. The van der Waals surface area contributed by atoms with E-state index in [-0.39, 0.29) is 11.5 Å². The van der Waals surface area contributed by atoms with Crippen molar-refractivity contribution in [2.75, 3.05) is 42.9 Å². The Morgan fingerprint density at radius 1 is 1.07 bits per heavy atom. The van der Waals surface area contributed by atoms with Gasteiger partial charge in [-0.15, -0.1) is 0 Å². The predicted molar refractivity (Wildman–Crippen MR) is 112 cm³/mol. The number of hydrogen-bond donors (Lipinski definition) is 2. The van der Waals surface area contributed by atoms with E-state index in [1.54, 1.807) is 6.07 Å². The van der Waals surface area contributed by atoms with Crippen molar-refractivity contribution in [1.82, 2.24) is 14.9 Å². The van der Waals surface area contributed by atoms with Crippen LogP contribution in [0.5, 0.6) is 0 Å². The Bertz CT molecular complexity index is 789. The van der Waals surface area contributed by atoms with Crippen LogP contribution in [0, 0.1) is 5.92 Å². The number of nitrogens with one attached hydrogen (secondary N) is 2. The lowest BCUT2D eigenvalue weighted by Crippen LogP contribution is -2.47. The van der Waals surface area contributed by atoms with Crippen molar-refractivity contribution in [1.29, 1.82) is 0 Å². The third kappa shape index (κ3) is 5.32. The summed E-state index contributed by atoms with van der Waals surface area (Å²) < 4.78 is 0. The second-order valence-electron chi connectivity index (χ2n) is 8.03. The van der Waals surface area contributed by atoms with Gasteiger partial charge in [0.2, 0.25) is 5.95 Å². The van der Waals surface area contributed by atoms with Crippen LogP contribution in [0.15, 0.2) is 35.1 Å².